The second-order valence-corrected chi connectivity index (χ2v) is 5.72. The third-order valence-electron chi connectivity index (χ3n) is 3.09. The normalized spacial score (nSPS) is 11.1. The van der Waals surface area contributed by atoms with Crippen LogP contribution in [0, 0.1) is 12.8 Å². The topological polar surface area (TPSA) is 52.0 Å². The van der Waals surface area contributed by atoms with Gasteiger partial charge in [-0.2, -0.15) is 5.10 Å². The maximum absolute atomic E-state index is 5.72. The SMILES string of the molecule is Cc1cc(OCc2ccc(CNCC(C)C)cn2)n(C)n1. The van der Waals surface area contributed by atoms with E-state index in [9.17, 15) is 0 Å². The van der Waals surface area contributed by atoms with Gasteiger partial charge in [0.15, 0.2) is 0 Å². The predicted molar refractivity (Wildman–Crippen MR) is 83.1 cm³/mol. The van der Waals surface area contributed by atoms with Crippen LogP contribution >= 0.6 is 0 Å². The predicted octanol–water partition coefficient (Wildman–Crippen LogP) is 2.45. The molecule has 0 bridgehead atoms. The zero-order chi connectivity index (χ0) is 15.2. The van der Waals surface area contributed by atoms with Crippen LogP contribution < -0.4 is 10.1 Å². The summed E-state index contributed by atoms with van der Waals surface area (Å²) in [6, 6.07) is 6.02. The summed E-state index contributed by atoms with van der Waals surface area (Å²) in [5.41, 5.74) is 3.06. The highest BCUT2D eigenvalue weighted by Gasteiger charge is 2.04. The molecule has 5 nitrogen and oxygen atoms in total. The first-order valence-electron chi connectivity index (χ1n) is 7.32. The Kier molecular flexibility index (Phi) is 5.33. The van der Waals surface area contributed by atoms with Gasteiger partial charge in [0.2, 0.25) is 5.88 Å². The quantitative estimate of drug-likeness (QED) is 0.850. The lowest BCUT2D eigenvalue weighted by atomic mass is 10.2. The fraction of sp³-hybridized carbons (Fsp3) is 0.500. The molecule has 0 aliphatic carbocycles. The van der Waals surface area contributed by atoms with E-state index >= 15 is 0 Å². The minimum Gasteiger partial charge on any atom is -0.471 e. The Hall–Kier alpha value is -1.88. The molecule has 0 atom stereocenters. The Balaban J connectivity index is 1.83. The maximum Gasteiger partial charge on any atom is 0.212 e. The molecule has 0 aliphatic heterocycles. The molecule has 0 amide bonds. The number of nitrogens with zero attached hydrogens (tertiary/aromatic N) is 3. The van der Waals surface area contributed by atoms with Crippen molar-refractivity contribution in [2.75, 3.05) is 6.54 Å². The van der Waals surface area contributed by atoms with E-state index < -0.39 is 0 Å². The van der Waals surface area contributed by atoms with Gasteiger partial charge in [-0.25, -0.2) is 4.68 Å². The van der Waals surface area contributed by atoms with Crippen LogP contribution in [0.25, 0.3) is 0 Å². The minimum atomic E-state index is 0.457. The van der Waals surface area contributed by atoms with Gasteiger partial charge in [0, 0.05) is 25.9 Å². The lowest BCUT2D eigenvalue weighted by Gasteiger charge is -2.08. The Morgan fingerprint density at radius 2 is 2.14 bits per heavy atom. The van der Waals surface area contributed by atoms with E-state index in [-0.39, 0.29) is 0 Å². The van der Waals surface area contributed by atoms with Crippen LogP contribution in [0.15, 0.2) is 24.4 Å². The number of aromatic nitrogens is 3. The van der Waals surface area contributed by atoms with Crippen LogP contribution in [0.3, 0.4) is 0 Å². The summed E-state index contributed by atoms with van der Waals surface area (Å²) < 4.78 is 7.45. The molecule has 2 aromatic heterocycles. The number of aryl methyl sites for hydroxylation is 2. The molecule has 0 fully saturated rings. The first-order chi connectivity index (χ1) is 10.0. The fourth-order valence-corrected chi connectivity index (χ4v) is 2.02. The Bertz CT molecular complexity index is 560. The Morgan fingerprint density at radius 3 is 2.71 bits per heavy atom. The molecule has 0 saturated heterocycles. The van der Waals surface area contributed by atoms with Gasteiger partial charge in [-0.3, -0.25) is 4.98 Å². The number of nitrogens with one attached hydrogen (secondary N) is 1. The molecule has 21 heavy (non-hydrogen) atoms. The number of ether oxygens (including phenoxy) is 1. The van der Waals surface area contributed by atoms with Crippen LogP contribution in [0.4, 0.5) is 0 Å². The van der Waals surface area contributed by atoms with Crippen molar-refractivity contribution in [1.82, 2.24) is 20.1 Å². The van der Waals surface area contributed by atoms with Gasteiger partial charge in [0.05, 0.1) is 11.4 Å². The monoisotopic (exact) mass is 288 g/mol. The summed E-state index contributed by atoms with van der Waals surface area (Å²) in [5.74, 6) is 1.42. The van der Waals surface area contributed by atoms with E-state index in [1.807, 2.05) is 32.3 Å². The number of pyridine rings is 1. The van der Waals surface area contributed by atoms with E-state index in [0.29, 0.717) is 12.5 Å². The van der Waals surface area contributed by atoms with E-state index in [0.717, 1.165) is 30.4 Å². The van der Waals surface area contributed by atoms with E-state index in [4.69, 9.17) is 4.74 Å². The summed E-state index contributed by atoms with van der Waals surface area (Å²) >= 11 is 0. The van der Waals surface area contributed by atoms with E-state index in [1.165, 1.54) is 5.56 Å². The zero-order valence-corrected chi connectivity index (χ0v) is 13.3. The lowest BCUT2D eigenvalue weighted by Crippen LogP contribution is -2.19. The number of hydrogen-bond acceptors (Lipinski definition) is 4. The summed E-state index contributed by atoms with van der Waals surface area (Å²) in [4.78, 5) is 4.43. The van der Waals surface area contributed by atoms with Crippen molar-refractivity contribution in [3.8, 4) is 5.88 Å². The zero-order valence-electron chi connectivity index (χ0n) is 13.3. The van der Waals surface area contributed by atoms with Gasteiger partial charge in [-0.1, -0.05) is 19.9 Å². The summed E-state index contributed by atoms with van der Waals surface area (Å²) in [5, 5.41) is 7.65. The van der Waals surface area contributed by atoms with E-state index in [2.05, 4.69) is 35.3 Å². The lowest BCUT2D eigenvalue weighted by molar-refractivity contribution is 0.274. The summed E-state index contributed by atoms with van der Waals surface area (Å²) in [6.07, 6.45) is 1.90. The highest BCUT2D eigenvalue weighted by molar-refractivity contribution is 5.16. The van der Waals surface area contributed by atoms with Gasteiger partial charge in [-0.05, 0) is 31.0 Å². The molecular weight excluding hydrogens is 264 g/mol. The summed E-state index contributed by atoms with van der Waals surface area (Å²) in [7, 11) is 1.87. The van der Waals surface area contributed by atoms with Crippen LogP contribution in [-0.4, -0.2) is 21.3 Å². The molecule has 2 aromatic rings. The second kappa shape index (κ2) is 7.22. The van der Waals surface area contributed by atoms with Gasteiger partial charge in [-0.15, -0.1) is 0 Å². The standard InChI is InChI=1S/C16H24N4O/c1-12(2)8-17-9-14-5-6-15(18-10-14)11-21-16-7-13(3)19-20(16)4/h5-7,10,12,17H,8-9,11H2,1-4H3. The molecule has 0 radical (unpaired) electrons. The molecule has 114 valence electrons. The molecule has 0 spiro atoms. The van der Waals surface area contributed by atoms with Gasteiger partial charge in [0.1, 0.15) is 6.61 Å². The molecule has 0 unspecified atom stereocenters. The third-order valence-corrected chi connectivity index (χ3v) is 3.09. The molecule has 0 saturated carbocycles. The van der Waals surface area contributed by atoms with Crippen LogP contribution in [0.5, 0.6) is 5.88 Å². The largest absolute Gasteiger partial charge is 0.471 e. The third kappa shape index (κ3) is 4.86. The molecule has 2 heterocycles. The van der Waals surface area contributed by atoms with Gasteiger partial charge < -0.3 is 10.1 Å². The first-order valence-corrected chi connectivity index (χ1v) is 7.32. The molecule has 5 heteroatoms. The molecule has 1 N–H and O–H groups in total. The number of hydrogen-bond donors (Lipinski definition) is 1. The molecular formula is C16H24N4O. The Morgan fingerprint density at radius 1 is 1.33 bits per heavy atom. The second-order valence-electron chi connectivity index (χ2n) is 5.72. The van der Waals surface area contributed by atoms with Crippen molar-refractivity contribution in [3.63, 3.8) is 0 Å². The average molecular weight is 288 g/mol. The van der Waals surface area contributed by atoms with Crippen LogP contribution in [0.2, 0.25) is 0 Å². The molecule has 0 aromatic carbocycles. The van der Waals surface area contributed by atoms with Gasteiger partial charge >= 0.3 is 0 Å². The highest BCUT2D eigenvalue weighted by Crippen LogP contribution is 2.13. The van der Waals surface area contributed by atoms with Crippen molar-refractivity contribution in [1.29, 1.82) is 0 Å². The van der Waals surface area contributed by atoms with Crippen molar-refractivity contribution in [3.05, 3.63) is 41.3 Å². The van der Waals surface area contributed by atoms with Crippen molar-refractivity contribution in [2.45, 2.75) is 33.9 Å². The van der Waals surface area contributed by atoms with Crippen molar-refractivity contribution >= 4 is 0 Å². The molecule has 0 aliphatic rings. The molecule has 2 rings (SSSR count). The first kappa shape index (κ1) is 15.5. The summed E-state index contributed by atoms with van der Waals surface area (Å²) in [6.45, 7) is 8.68. The maximum atomic E-state index is 5.72. The van der Waals surface area contributed by atoms with Crippen LogP contribution in [0.1, 0.15) is 30.8 Å². The minimum absolute atomic E-state index is 0.457. The van der Waals surface area contributed by atoms with E-state index in [1.54, 1.807) is 4.68 Å². The van der Waals surface area contributed by atoms with Gasteiger partial charge in [0.25, 0.3) is 0 Å². The Labute approximate surface area is 126 Å². The highest BCUT2D eigenvalue weighted by atomic mass is 16.5. The smallest absolute Gasteiger partial charge is 0.212 e. The van der Waals surface area contributed by atoms with Crippen molar-refractivity contribution < 1.29 is 4.74 Å². The number of rotatable bonds is 7. The van der Waals surface area contributed by atoms with Crippen LogP contribution in [-0.2, 0) is 20.2 Å². The fourth-order valence-electron chi connectivity index (χ4n) is 2.02. The average Bonchev–Trinajstić information content (AvgIpc) is 2.76. The van der Waals surface area contributed by atoms with Crippen molar-refractivity contribution in [2.24, 2.45) is 13.0 Å².